The fourth-order valence-corrected chi connectivity index (χ4v) is 1.80. The minimum atomic E-state index is 0.216. The summed E-state index contributed by atoms with van der Waals surface area (Å²) in [5.41, 5.74) is 0.930. The van der Waals surface area contributed by atoms with E-state index in [0.717, 1.165) is 5.56 Å². The fraction of sp³-hybridized carbons (Fsp3) is 0.167. The molecular formula is C12H10Cl2N2O2. The van der Waals surface area contributed by atoms with Crippen molar-refractivity contribution >= 4 is 23.2 Å². The summed E-state index contributed by atoms with van der Waals surface area (Å²) in [6.45, 7) is 0.324. The van der Waals surface area contributed by atoms with Gasteiger partial charge in [-0.3, -0.25) is 0 Å². The first-order valence-corrected chi connectivity index (χ1v) is 5.88. The van der Waals surface area contributed by atoms with Gasteiger partial charge in [-0.2, -0.15) is 4.98 Å². The zero-order valence-corrected chi connectivity index (χ0v) is 11.1. The zero-order valence-electron chi connectivity index (χ0n) is 9.56. The largest absolute Gasteiger partial charge is 0.489 e. The van der Waals surface area contributed by atoms with Crippen molar-refractivity contribution in [2.75, 3.05) is 7.11 Å². The van der Waals surface area contributed by atoms with Crippen LogP contribution in [0.5, 0.6) is 11.6 Å². The molecular weight excluding hydrogens is 275 g/mol. The maximum atomic E-state index is 5.88. The van der Waals surface area contributed by atoms with Crippen LogP contribution in [0.4, 0.5) is 0 Å². The van der Waals surface area contributed by atoms with Crippen molar-refractivity contribution in [2.24, 2.45) is 0 Å². The van der Waals surface area contributed by atoms with Gasteiger partial charge in [0.05, 0.1) is 7.11 Å². The molecule has 0 amide bonds. The molecule has 94 valence electrons. The Morgan fingerprint density at radius 2 is 2.06 bits per heavy atom. The second-order valence-corrected chi connectivity index (χ2v) is 4.22. The van der Waals surface area contributed by atoms with Crippen molar-refractivity contribution in [3.05, 3.63) is 46.3 Å². The SMILES string of the molecule is COc1c(Cl)ncnc1OCc1cccc(Cl)c1. The predicted octanol–water partition coefficient (Wildman–Crippen LogP) is 3.37. The molecule has 0 radical (unpaired) electrons. The zero-order chi connectivity index (χ0) is 13.0. The van der Waals surface area contributed by atoms with Gasteiger partial charge in [0.1, 0.15) is 12.9 Å². The quantitative estimate of drug-likeness (QED) is 0.808. The van der Waals surface area contributed by atoms with Crippen molar-refractivity contribution in [3.8, 4) is 11.6 Å². The van der Waals surface area contributed by atoms with E-state index in [4.69, 9.17) is 32.7 Å². The van der Waals surface area contributed by atoms with Crippen molar-refractivity contribution in [3.63, 3.8) is 0 Å². The lowest BCUT2D eigenvalue weighted by Crippen LogP contribution is -2.00. The van der Waals surface area contributed by atoms with E-state index in [-0.39, 0.29) is 5.15 Å². The highest BCUT2D eigenvalue weighted by Crippen LogP contribution is 2.30. The molecule has 0 saturated heterocycles. The molecule has 0 unspecified atom stereocenters. The molecule has 0 bridgehead atoms. The molecule has 0 saturated carbocycles. The number of nitrogens with zero attached hydrogens (tertiary/aromatic N) is 2. The fourth-order valence-electron chi connectivity index (χ4n) is 1.39. The summed E-state index contributed by atoms with van der Waals surface area (Å²) in [5, 5.41) is 0.873. The Balaban J connectivity index is 2.13. The first-order chi connectivity index (χ1) is 8.70. The predicted molar refractivity (Wildman–Crippen MR) is 69.4 cm³/mol. The van der Waals surface area contributed by atoms with Crippen molar-refractivity contribution < 1.29 is 9.47 Å². The van der Waals surface area contributed by atoms with E-state index in [2.05, 4.69) is 9.97 Å². The van der Waals surface area contributed by atoms with Gasteiger partial charge in [0.2, 0.25) is 5.75 Å². The van der Waals surface area contributed by atoms with E-state index >= 15 is 0 Å². The van der Waals surface area contributed by atoms with Gasteiger partial charge in [0, 0.05) is 5.02 Å². The number of hydrogen-bond donors (Lipinski definition) is 0. The lowest BCUT2D eigenvalue weighted by Gasteiger charge is -2.09. The van der Waals surface area contributed by atoms with Crippen LogP contribution in [0.3, 0.4) is 0 Å². The van der Waals surface area contributed by atoms with Gasteiger partial charge < -0.3 is 9.47 Å². The maximum Gasteiger partial charge on any atom is 0.262 e. The highest BCUT2D eigenvalue weighted by Gasteiger charge is 2.11. The Bertz CT molecular complexity index is 549. The summed E-state index contributed by atoms with van der Waals surface area (Å²) < 4.78 is 10.6. The van der Waals surface area contributed by atoms with Gasteiger partial charge in [-0.1, -0.05) is 35.3 Å². The third-order valence-electron chi connectivity index (χ3n) is 2.20. The standard InChI is InChI=1S/C12H10Cl2N2O2/c1-17-10-11(14)15-7-16-12(10)18-6-8-3-2-4-9(13)5-8/h2-5,7H,6H2,1H3. The van der Waals surface area contributed by atoms with Crippen LogP contribution in [0.15, 0.2) is 30.6 Å². The average Bonchev–Trinajstić information content (AvgIpc) is 2.36. The van der Waals surface area contributed by atoms with E-state index in [1.807, 2.05) is 18.2 Å². The van der Waals surface area contributed by atoms with Crippen molar-refractivity contribution in [1.29, 1.82) is 0 Å². The molecule has 0 spiro atoms. The topological polar surface area (TPSA) is 44.2 Å². The number of benzene rings is 1. The monoisotopic (exact) mass is 284 g/mol. The second kappa shape index (κ2) is 5.89. The lowest BCUT2D eigenvalue weighted by molar-refractivity contribution is 0.271. The Hall–Kier alpha value is -1.52. The van der Waals surface area contributed by atoms with E-state index in [0.29, 0.717) is 23.3 Å². The van der Waals surface area contributed by atoms with Crippen LogP contribution in [0.1, 0.15) is 5.56 Å². The molecule has 4 nitrogen and oxygen atoms in total. The van der Waals surface area contributed by atoms with Gasteiger partial charge >= 0.3 is 0 Å². The van der Waals surface area contributed by atoms with Crippen LogP contribution in [-0.4, -0.2) is 17.1 Å². The normalized spacial score (nSPS) is 10.2. The van der Waals surface area contributed by atoms with Crippen LogP contribution < -0.4 is 9.47 Å². The first kappa shape index (κ1) is 12.9. The Labute approximate surface area is 114 Å². The highest BCUT2D eigenvalue weighted by atomic mass is 35.5. The summed E-state index contributed by atoms with van der Waals surface area (Å²) >= 11 is 11.7. The number of methoxy groups -OCH3 is 1. The van der Waals surface area contributed by atoms with E-state index < -0.39 is 0 Å². The van der Waals surface area contributed by atoms with E-state index in [1.165, 1.54) is 13.4 Å². The van der Waals surface area contributed by atoms with E-state index in [1.54, 1.807) is 6.07 Å². The lowest BCUT2D eigenvalue weighted by atomic mass is 10.2. The van der Waals surface area contributed by atoms with Gasteiger partial charge in [-0.05, 0) is 17.7 Å². The van der Waals surface area contributed by atoms with Gasteiger partial charge in [-0.15, -0.1) is 0 Å². The van der Waals surface area contributed by atoms with Crippen LogP contribution in [-0.2, 0) is 6.61 Å². The number of aromatic nitrogens is 2. The first-order valence-electron chi connectivity index (χ1n) is 5.12. The highest BCUT2D eigenvalue weighted by molar-refractivity contribution is 6.31. The van der Waals surface area contributed by atoms with Crippen LogP contribution in [0.25, 0.3) is 0 Å². The van der Waals surface area contributed by atoms with Gasteiger partial charge in [0.15, 0.2) is 5.15 Å². The smallest absolute Gasteiger partial charge is 0.262 e. The second-order valence-electron chi connectivity index (χ2n) is 3.42. The molecule has 18 heavy (non-hydrogen) atoms. The summed E-state index contributed by atoms with van der Waals surface area (Å²) in [6.07, 6.45) is 1.32. The third kappa shape index (κ3) is 3.03. The summed E-state index contributed by atoms with van der Waals surface area (Å²) in [4.78, 5) is 7.78. The molecule has 0 fully saturated rings. The Morgan fingerprint density at radius 1 is 1.22 bits per heavy atom. The molecule has 1 aromatic carbocycles. The van der Waals surface area contributed by atoms with E-state index in [9.17, 15) is 0 Å². The van der Waals surface area contributed by atoms with Crippen LogP contribution in [0, 0.1) is 0 Å². The summed E-state index contributed by atoms with van der Waals surface area (Å²) in [5.74, 6) is 0.624. The number of halogens is 2. The number of rotatable bonds is 4. The van der Waals surface area contributed by atoms with Crippen LogP contribution in [0.2, 0.25) is 10.2 Å². The Morgan fingerprint density at radius 3 is 2.78 bits per heavy atom. The molecule has 0 atom stereocenters. The number of ether oxygens (including phenoxy) is 2. The minimum absolute atomic E-state index is 0.216. The maximum absolute atomic E-state index is 5.88. The van der Waals surface area contributed by atoms with Crippen LogP contribution >= 0.6 is 23.2 Å². The molecule has 6 heteroatoms. The Kier molecular flexibility index (Phi) is 4.23. The third-order valence-corrected chi connectivity index (χ3v) is 2.70. The molecule has 0 aliphatic heterocycles. The van der Waals surface area contributed by atoms with Gasteiger partial charge in [-0.25, -0.2) is 4.98 Å². The summed E-state index contributed by atoms with van der Waals surface area (Å²) in [7, 11) is 1.48. The number of hydrogen-bond acceptors (Lipinski definition) is 4. The molecule has 0 N–H and O–H groups in total. The summed E-state index contributed by atoms with van der Waals surface area (Å²) in [6, 6.07) is 7.37. The molecule has 0 aliphatic carbocycles. The molecule has 1 aromatic heterocycles. The van der Waals surface area contributed by atoms with Crippen molar-refractivity contribution in [2.45, 2.75) is 6.61 Å². The van der Waals surface area contributed by atoms with Crippen molar-refractivity contribution in [1.82, 2.24) is 9.97 Å². The average molecular weight is 285 g/mol. The molecule has 0 aliphatic rings. The molecule has 2 rings (SSSR count). The minimum Gasteiger partial charge on any atom is -0.489 e. The molecule has 2 aromatic rings. The van der Waals surface area contributed by atoms with Gasteiger partial charge in [0.25, 0.3) is 5.88 Å². The molecule has 1 heterocycles.